The van der Waals surface area contributed by atoms with Crippen molar-refractivity contribution in [1.29, 1.82) is 0 Å². The van der Waals surface area contributed by atoms with E-state index in [0.29, 0.717) is 17.9 Å². The van der Waals surface area contributed by atoms with Gasteiger partial charge in [0.25, 0.3) is 5.91 Å². The summed E-state index contributed by atoms with van der Waals surface area (Å²) in [6.45, 7) is 4.28. The number of pyridine rings is 1. The summed E-state index contributed by atoms with van der Waals surface area (Å²) >= 11 is 0. The van der Waals surface area contributed by atoms with Gasteiger partial charge >= 0.3 is 0 Å². The fourth-order valence-corrected chi connectivity index (χ4v) is 1.87. The van der Waals surface area contributed by atoms with Gasteiger partial charge in [-0.2, -0.15) is 0 Å². The van der Waals surface area contributed by atoms with Crippen LogP contribution in [0.3, 0.4) is 0 Å². The van der Waals surface area contributed by atoms with Crippen molar-refractivity contribution >= 4 is 5.91 Å². The van der Waals surface area contributed by atoms with Gasteiger partial charge in [0.2, 0.25) is 0 Å². The van der Waals surface area contributed by atoms with Gasteiger partial charge in [0.15, 0.2) is 0 Å². The second kappa shape index (κ2) is 6.23. The van der Waals surface area contributed by atoms with Crippen molar-refractivity contribution in [2.75, 3.05) is 6.54 Å². The molecule has 0 aliphatic carbocycles. The molecule has 0 bridgehead atoms. The van der Waals surface area contributed by atoms with Crippen LogP contribution in [0.1, 0.15) is 23.0 Å². The van der Waals surface area contributed by atoms with Gasteiger partial charge in [0.1, 0.15) is 11.9 Å². The van der Waals surface area contributed by atoms with Crippen LogP contribution in [0.15, 0.2) is 36.8 Å². The normalized spacial score (nSPS) is 11.9. The summed E-state index contributed by atoms with van der Waals surface area (Å²) in [4.78, 5) is 16.0. The van der Waals surface area contributed by atoms with Crippen molar-refractivity contribution in [2.45, 2.75) is 20.0 Å². The second-order valence-corrected chi connectivity index (χ2v) is 4.75. The molecule has 0 unspecified atom stereocenters. The lowest BCUT2D eigenvalue weighted by Gasteiger charge is -2.15. The monoisotopic (exact) mass is 273 g/mol. The minimum atomic E-state index is -0.118. The Morgan fingerprint density at radius 1 is 1.50 bits per heavy atom. The number of hydrogen-bond acceptors (Lipinski definition) is 3. The van der Waals surface area contributed by atoms with Crippen molar-refractivity contribution in [3.05, 3.63) is 48.0 Å². The quantitative estimate of drug-likeness (QED) is 0.905. The molecule has 1 amide bonds. The van der Waals surface area contributed by atoms with E-state index in [9.17, 15) is 4.79 Å². The molecule has 0 aliphatic rings. The molecular weight excluding hydrogens is 254 g/mol. The van der Waals surface area contributed by atoms with Gasteiger partial charge in [0, 0.05) is 25.1 Å². The Hall–Kier alpha value is -2.30. The Morgan fingerprint density at radius 3 is 2.90 bits per heavy atom. The largest absolute Gasteiger partial charge is 0.487 e. The van der Waals surface area contributed by atoms with Crippen LogP contribution in [-0.4, -0.2) is 28.1 Å². The van der Waals surface area contributed by atoms with E-state index in [2.05, 4.69) is 10.3 Å². The smallest absolute Gasteiger partial charge is 0.253 e. The zero-order chi connectivity index (χ0) is 14.5. The lowest BCUT2D eigenvalue weighted by Crippen LogP contribution is -2.33. The molecule has 0 radical (unpaired) electrons. The number of nitrogens with one attached hydrogen (secondary N) is 1. The van der Waals surface area contributed by atoms with E-state index in [-0.39, 0.29) is 12.0 Å². The summed E-state index contributed by atoms with van der Waals surface area (Å²) in [5.41, 5.74) is 1.64. The van der Waals surface area contributed by atoms with Crippen LogP contribution in [0.5, 0.6) is 5.75 Å². The van der Waals surface area contributed by atoms with E-state index in [1.165, 1.54) is 0 Å². The molecule has 2 aromatic heterocycles. The summed E-state index contributed by atoms with van der Waals surface area (Å²) in [5, 5.41) is 2.88. The molecule has 0 saturated carbocycles. The van der Waals surface area contributed by atoms with Crippen molar-refractivity contribution in [3.63, 3.8) is 0 Å². The number of hydrogen-bond donors (Lipinski definition) is 1. The zero-order valence-corrected chi connectivity index (χ0v) is 12.0. The van der Waals surface area contributed by atoms with E-state index >= 15 is 0 Å². The van der Waals surface area contributed by atoms with Crippen molar-refractivity contribution < 1.29 is 9.53 Å². The molecule has 20 heavy (non-hydrogen) atoms. The molecule has 0 spiro atoms. The van der Waals surface area contributed by atoms with Gasteiger partial charge in [0.05, 0.1) is 18.3 Å². The fourth-order valence-electron chi connectivity index (χ4n) is 1.87. The summed E-state index contributed by atoms with van der Waals surface area (Å²) < 4.78 is 7.57. The summed E-state index contributed by atoms with van der Waals surface area (Å²) in [6.07, 6.45) is 5.10. The van der Waals surface area contributed by atoms with E-state index in [1.807, 2.05) is 49.9 Å². The molecule has 5 heteroatoms. The Bertz CT molecular complexity index is 578. The minimum absolute atomic E-state index is 0.0789. The number of aromatic nitrogens is 2. The van der Waals surface area contributed by atoms with Crippen molar-refractivity contribution in [3.8, 4) is 5.75 Å². The Labute approximate surface area is 118 Å². The van der Waals surface area contributed by atoms with Crippen LogP contribution < -0.4 is 10.1 Å². The van der Waals surface area contributed by atoms with Gasteiger partial charge in [-0.15, -0.1) is 0 Å². The van der Waals surface area contributed by atoms with Gasteiger partial charge < -0.3 is 14.6 Å². The maximum Gasteiger partial charge on any atom is 0.253 e. The second-order valence-electron chi connectivity index (χ2n) is 4.75. The highest BCUT2D eigenvalue weighted by Crippen LogP contribution is 2.10. The van der Waals surface area contributed by atoms with Crippen LogP contribution in [-0.2, 0) is 7.05 Å². The van der Waals surface area contributed by atoms with Crippen molar-refractivity contribution in [2.24, 2.45) is 7.05 Å². The molecule has 0 saturated heterocycles. The Kier molecular flexibility index (Phi) is 4.40. The van der Waals surface area contributed by atoms with Crippen LogP contribution in [0.25, 0.3) is 0 Å². The fraction of sp³-hybridized carbons (Fsp3) is 0.333. The first-order chi connectivity index (χ1) is 9.58. The number of carbonyl (C=O) groups excluding carboxylic acids is 1. The van der Waals surface area contributed by atoms with Gasteiger partial charge in [-0.1, -0.05) is 0 Å². The predicted molar refractivity (Wildman–Crippen MR) is 76.8 cm³/mol. The molecule has 2 heterocycles. The SMILES string of the molecule is Cc1c(C(=O)NC[C@@H](C)Oc2cccnc2)ccn1C. The van der Waals surface area contributed by atoms with Crippen LogP contribution >= 0.6 is 0 Å². The molecule has 2 rings (SSSR count). The maximum absolute atomic E-state index is 12.0. The molecule has 1 N–H and O–H groups in total. The van der Waals surface area contributed by atoms with Gasteiger partial charge in [-0.05, 0) is 32.0 Å². The highest BCUT2D eigenvalue weighted by Gasteiger charge is 2.12. The van der Waals surface area contributed by atoms with Crippen LogP contribution in [0.2, 0.25) is 0 Å². The molecule has 0 fully saturated rings. The van der Waals surface area contributed by atoms with Gasteiger partial charge in [-0.3, -0.25) is 9.78 Å². The first kappa shape index (κ1) is 14.1. The first-order valence-electron chi connectivity index (χ1n) is 6.54. The van der Waals surface area contributed by atoms with Crippen molar-refractivity contribution in [1.82, 2.24) is 14.9 Å². The lowest BCUT2D eigenvalue weighted by atomic mass is 10.2. The molecule has 0 aliphatic heterocycles. The van der Waals surface area contributed by atoms with Crippen LogP contribution in [0, 0.1) is 6.92 Å². The standard InChI is InChI=1S/C15H19N3O2/c1-11(20-13-5-4-7-16-10-13)9-17-15(19)14-6-8-18(3)12(14)2/h4-8,10-11H,9H2,1-3H3,(H,17,19)/t11-/m1/s1. The van der Waals surface area contributed by atoms with E-state index < -0.39 is 0 Å². The minimum Gasteiger partial charge on any atom is -0.487 e. The molecule has 2 aromatic rings. The summed E-state index contributed by atoms with van der Waals surface area (Å²) in [5.74, 6) is 0.620. The molecular formula is C15H19N3O2. The van der Waals surface area contributed by atoms with E-state index in [1.54, 1.807) is 12.4 Å². The zero-order valence-electron chi connectivity index (χ0n) is 12.0. The highest BCUT2D eigenvalue weighted by molar-refractivity contribution is 5.95. The summed E-state index contributed by atoms with van der Waals surface area (Å²) in [6, 6.07) is 5.47. The number of aryl methyl sites for hydroxylation is 1. The third kappa shape index (κ3) is 3.38. The average Bonchev–Trinajstić information content (AvgIpc) is 2.78. The van der Waals surface area contributed by atoms with Gasteiger partial charge in [-0.25, -0.2) is 0 Å². The number of amides is 1. The molecule has 5 nitrogen and oxygen atoms in total. The average molecular weight is 273 g/mol. The molecule has 0 aromatic carbocycles. The molecule has 106 valence electrons. The topological polar surface area (TPSA) is 56.1 Å². The molecule has 1 atom stereocenters. The number of ether oxygens (including phenoxy) is 1. The Morgan fingerprint density at radius 2 is 2.30 bits per heavy atom. The lowest BCUT2D eigenvalue weighted by molar-refractivity contribution is 0.0931. The first-order valence-corrected chi connectivity index (χ1v) is 6.54. The third-order valence-electron chi connectivity index (χ3n) is 3.15. The highest BCUT2D eigenvalue weighted by atomic mass is 16.5. The van der Waals surface area contributed by atoms with Crippen LogP contribution in [0.4, 0.5) is 0 Å². The Balaban J connectivity index is 1.86. The third-order valence-corrected chi connectivity index (χ3v) is 3.15. The number of rotatable bonds is 5. The van der Waals surface area contributed by atoms with E-state index in [0.717, 1.165) is 5.69 Å². The summed E-state index contributed by atoms with van der Waals surface area (Å²) in [7, 11) is 1.92. The predicted octanol–water partition coefficient (Wildman–Crippen LogP) is 1.93. The number of carbonyl (C=O) groups is 1. The maximum atomic E-state index is 12.0. The number of nitrogens with zero attached hydrogens (tertiary/aromatic N) is 2. The van der Waals surface area contributed by atoms with E-state index in [4.69, 9.17) is 4.74 Å².